The Hall–Kier alpha value is -2.51. The number of carbonyl (C=O) groups is 1. The second-order valence-corrected chi connectivity index (χ2v) is 10.9. The number of hydrogen-bond donors (Lipinski definition) is 1. The maximum absolute atomic E-state index is 11.3. The average molecular weight is 606 g/mol. The predicted octanol–water partition coefficient (Wildman–Crippen LogP) is 8.41. The highest BCUT2D eigenvalue weighted by molar-refractivity contribution is 9.10. The molecule has 0 spiro atoms. The topological polar surface area (TPSA) is 65.0 Å². The molecular formula is C29H27BrCl2O5. The van der Waals surface area contributed by atoms with Gasteiger partial charge in [0.1, 0.15) is 0 Å². The van der Waals surface area contributed by atoms with Crippen LogP contribution in [0.1, 0.15) is 48.2 Å². The Labute approximate surface area is 235 Å². The van der Waals surface area contributed by atoms with E-state index in [1.54, 1.807) is 6.07 Å². The smallest absolute Gasteiger partial charge is 0.341 e. The third kappa shape index (κ3) is 6.32. The summed E-state index contributed by atoms with van der Waals surface area (Å²) in [5, 5.41) is 10.6. The quantitative estimate of drug-likeness (QED) is 0.261. The fourth-order valence-corrected chi connectivity index (χ4v) is 5.55. The lowest BCUT2D eigenvalue weighted by molar-refractivity contribution is -0.139. The van der Waals surface area contributed by atoms with E-state index in [1.807, 2.05) is 61.5 Å². The Bertz CT molecular complexity index is 1280. The van der Waals surface area contributed by atoms with E-state index >= 15 is 0 Å². The SMILES string of the molecule is C=C(C)[C@H]1C[C@H](c2ccc(Cl)cc2)[C@H](c2ccc(Cl)cc2)O[C@@H]1c1cc(Br)cc(OC)c1OCC(=O)O. The number of aliphatic carboxylic acids is 1. The van der Waals surface area contributed by atoms with Crippen LogP contribution in [0.25, 0.3) is 0 Å². The van der Waals surface area contributed by atoms with Crippen molar-refractivity contribution in [3.63, 3.8) is 0 Å². The van der Waals surface area contributed by atoms with Crippen molar-refractivity contribution >= 4 is 45.1 Å². The first-order chi connectivity index (χ1) is 17.7. The van der Waals surface area contributed by atoms with E-state index in [0.717, 1.165) is 27.6 Å². The van der Waals surface area contributed by atoms with Crippen LogP contribution >= 0.6 is 39.1 Å². The molecule has 0 aliphatic carbocycles. The molecule has 4 rings (SSSR count). The zero-order valence-corrected chi connectivity index (χ0v) is 23.5. The van der Waals surface area contributed by atoms with E-state index in [-0.39, 0.29) is 17.9 Å². The molecule has 1 heterocycles. The van der Waals surface area contributed by atoms with Gasteiger partial charge in [-0.1, -0.05) is 75.5 Å². The third-order valence-corrected chi connectivity index (χ3v) is 7.54. The Morgan fingerprint density at radius 1 is 1.05 bits per heavy atom. The minimum atomic E-state index is -1.08. The van der Waals surface area contributed by atoms with Gasteiger partial charge in [0.2, 0.25) is 0 Å². The maximum atomic E-state index is 11.3. The average Bonchev–Trinajstić information content (AvgIpc) is 2.87. The van der Waals surface area contributed by atoms with E-state index < -0.39 is 18.7 Å². The summed E-state index contributed by atoms with van der Waals surface area (Å²) in [4.78, 5) is 11.3. The Balaban J connectivity index is 1.85. The molecule has 8 heteroatoms. The molecule has 0 unspecified atom stereocenters. The van der Waals surface area contributed by atoms with Crippen molar-refractivity contribution in [3.8, 4) is 11.5 Å². The molecule has 37 heavy (non-hydrogen) atoms. The van der Waals surface area contributed by atoms with Gasteiger partial charge < -0.3 is 19.3 Å². The fraction of sp³-hybridized carbons (Fsp3) is 0.276. The van der Waals surface area contributed by atoms with Crippen molar-refractivity contribution in [2.75, 3.05) is 13.7 Å². The summed E-state index contributed by atoms with van der Waals surface area (Å²) < 4.78 is 19.0. The summed E-state index contributed by atoms with van der Waals surface area (Å²) in [5.41, 5.74) is 3.71. The van der Waals surface area contributed by atoms with Crippen LogP contribution in [-0.2, 0) is 9.53 Å². The number of benzene rings is 3. The van der Waals surface area contributed by atoms with E-state index in [4.69, 9.17) is 37.4 Å². The van der Waals surface area contributed by atoms with Crippen LogP contribution in [0.4, 0.5) is 0 Å². The molecule has 0 amide bonds. The minimum Gasteiger partial charge on any atom is -0.493 e. The molecule has 0 aromatic heterocycles. The molecule has 3 aromatic carbocycles. The summed E-state index contributed by atoms with van der Waals surface area (Å²) in [5.74, 6) is -0.412. The number of ether oxygens (including phenoxy) is 3. The van der Waals surface area contributed by atoms with Gasteiger partial charge >= 0.3 is 5.97 Å². The fourth-order valence-electron chi connectivity index (χ4n) is 4.84. The number of rotatable bonds is 8. The first-order valence-corrected chi connectivity index (χ1v) is 13.3. The van der Waals surface area contributed by atoms with Crippen LogP contribution in [0.15, 0.2) is 77.3 Å². The van der Waals surface area contributed by atoms with Crippen LogP contribution in [-0.4, -0.2) is 24.8 Å². The van der Waals surface area contributed by atoms with Crippen molar-refractivity contribution in [2.24, 2.45) is 5.92 Å². The molecule has 3 aromatic rings. The van der Waals surface area contributed by atoms with Gasteiger partial charge in [0, 0.05) is 31.9 Å². The Kier molecular flexibility index (Phi) is 8.86. The van der Waals surface area contributed by atoms with Crippen LogP contribution in [0.3, 0.4) is 0 Å². The molecule has 1 fully saturated rings. The largest absolute Gasteiger partial charge is 0.493 e. The Morgan fingerprint density at radius 2 is 1.65 bits per heavy atom. The molecule has 1 saturated heterocycles. The zero-order chi connectivity index (χ0) is 26.7. The van der Waals surface area contributed by atoms with Gasteiger partial charge in [-0.2, -0.15) is 0 Å². The number of hydrogen-bond acceptors (Lipinski definition) is 4. The molecule has 0 radical (unpaired) electrons. The molecule has 1 aliphatic rings. The molecular weight excluding hydrogens is 579 g/mol. The maximum Gasteiger partial charge on any atom is 0.341 e. The summed E-state index contributed by atoms with van der Waals surface area (Å²) >= 11 is 15.9. The molecule has 1 aliphatic heterocycles. The summed E-state index contributed by atoms with van der Waals surface area (Å²) in [7, 11) is 1.52. The van der Waals surface area contributed by atoms with Crippen LogP contribution < -0.4 is 9.47 Å². The molecule has 194 valence electrons. The lowest BCUT2D eigenvalue weighted by Gasteiger charge is -2.43. The molecule has 4 atom stereocenters. The van der Waals surface area contributed by atoms with E-state index in [0.29, 0.717) is 27.1 Å². The molecule has 0 bridgehead atoms. The first-order valence-electron chi connectivity index (χ1n) is 11.7. The van der Waals surface area contributed by atoms with Gasteiger partial charge in [-0.25, -0.2) is 4.79 Å². The van der Waals surface area contributed by atoms with Crippen molar-refractivity contribution in [1.82, 2.24) is 0 Å². The van der Waals surface area contributed by atoms with Gasteiger partial charge in [-0.05, 0) is 60.9 Å². The second kappa shape index (κ2) is 11.9. The van der Waals surface area contributed by atoms with Crippen LogP contribution in [0.5, 0.6) is 11.5 Å². The van der Waals surface area contributed by atoms with E-state index in [2.05, 4.69) is 22.5 Å². The monoisotopic (exact) mass is 604 g/mol. The standard InChI is InChI=1S/C29H27BrCl2O5/c1-16(2)22-14-23(17-4-8-20(31)9-5-17)27(18-6-10-21(32)11-7-18)37-28(22)24-12-19(30)13-25(35-3)29(24)36-15-26(33)34/h4-13,22-23,27-28H,1,14-15H2,2-3H3,(H,33,34)/t22-,23-,27+,28+/m1/s1. The minimum absolute atomic E-state index is 0.00817. The summed E-state index contributed by atoms with van der Waals surface area (Å²) in [6, 6.07) is 19.1. The number of methoxy groups -OCH3 is 1. The highest BCUT2D eigenvalue weighted by atomic mass is 79.9. The van der Waals surface area contributed by atoms with E-state index in [1.165, 1.54) is 7.11 Å². The van der Waals surface area contributed by atoms with Gasteiger partial charge in [0.05, 0.1) is 19.3 Å². The van der Waals surface area contributed by atoms with Gasteiger partial charge in [0.25, 0.3) is 0 Å². The van der Waals surface area contributed by atoms with Crippen molar-refractivity contribution in [2.45, 2.75) is 31.5 Å². The van der Waals surface area contributed by atoms with Crippen LogP contribution in [0, 0.1) is 5.92 Å². The first kappa shape index (κ1) is 27.5. The van der Waals surface area contributed by atoms with Crippen molar-refractivity contribution in [3.05, 3.63) is 104 Å². The van der Waals surface area contributed by atoms with Crippen molar-refractivity contribution < 1.29 is 24.1 Å². The van der Waals surface area contributed by atoms with Gasteiger partial charge in [-0.3, -0.25) is 0 Å². The van der Waals surface area contributed by atoms with E-state index in [9.17, 15) is 9.90 Å². The van der Waals surface area contributed by atoms with Crippen molar-refractivity contribution in [1.29, 1.82) is 0 Å². The molecule has 0 saturated carbocycles. The lowest BCUT2D eigenvalue weighted by atomic mass is 9.74. The highest BCUT2D eigenvalue weighted by Gasteiger charge is 2.42. The molecule has 5 nitrogen and oxygen atoms in total. The molecule has 1 N–H and O–H groups in total. The van der Waals surface area contributed by atoms with Gasteiger partial charge in [-0.15, -0.1) is 0 Å². The second-order valence-electron chi connectivity index (χ2n) is 9.08. The predicted molar refractivity (Wildman–Crippen MR) is 149 cm³/mol. The zero-order valence-electron chi connectivity index (χ0n) is 20.4. The lowest BCUT2D eigenvalue weighted by Crippen LogP contribution is -2.32. The summed E-state index contributed by atoms with van der Waals surface area (Å²) in [6.45, 7) is 5.75. The van der Waals surface area contributed by atoms with Gasteiger partial charge in [0.15, 0.2) is 18.1 Å². The third-order valence-electron chi connectivity index (χ3n) is 6.58. The normalized spacial score (nSPS) is 21.3. The number of carboxylic acid groups (broad SMARTS) is 1. The highest BCUT2D eigenvalue weighted by Crippen LogP contribution is 2.54. The summed E-state index contributed by atoms with van der Waals surface area (Å²) in [6.07, 6.45) is -0.0597. The number of halogens is 3. The van der Waals surface area contributed by atoms with Crippen LogP contribution in [0.2, 0.25) is 10.0 Å². The Morgan fingerprint density at radius 3 is 2.19 bits per heavy atom. The number of carboxylic acids is 1.